The first-order valence-electron chi connectivity index (χ1n) is 2.27. The van der Waals surface area contributed by atoms with Crippen LogP contribution in [0.5, 0.6) is 0 Å². The number of hydrogen-bond acceptors (Lipinski definition) is 2. The van der Waals surface area contributed by atoms with Gasteiger partial charge in [0.05, 0.1) is 6.21 Å². The van der Waals surface area contributed by atoms with Crippen molar-refractivity contribution in [2.75, 3.05) is 0 Å². The third-order valence-corrected chi connectivity index (χ3v) is 1.05. The summed E-state index contributed by atoms with van der Waals surface area (Å²) in [6.07, 6.45) is 6.61. The molecule has 1 aliphatic carbocycles. The summed E-state index contributed by atoms with van der Waals surface area (Å²) in [6.45, 7) is 0. The maximum absolute atomic E-state index is 7.94. The van der Waals surface area contributed by atoms with Crippen LogP contribution in [-0.4, -0.2) is 11.4 Å². The van der Waals surface area contributed by atoms with Crippen LogP contribution in [-0.2, 0) is 0 Å². The zero-order valence-corrected chi connectivity index (χ0v) is 3.91. The smallest absolute Gasteiger partial charge is 0.0507 e. The van der Waals surface area contributed by atoms with E-state index in [1.807, 2.05) is 12.2 Å². The first-order valence-corrected chi connectivity index (χ1v) is 2.27. The molecule has 0 radical (unpaired) electrons. The van der Waals surface area contributed by atoms with Crippen molar-refractivity contribution in [3.63, 3.8) is 0 Å². The highest BCUT2D eigenvalue weighted by molar-refractivity contribution is 5.64. The fourth-order valence-electron chi connectivity index (χ4n) is 0.489. The second-order valence-corrected chi connectivity index (χ2v) is 1.59. The Morgan fingerprint density at radius 3 is 2.71 bits per heavy atom. The van der Waals surface area contributed by atoms with E-state index < -0.39 is 0 Å². The molecule has 0 heterocycles. The fourth-order valence-corrected chi connectivity index (χ4v) is 0.489. The summed E-state index contributed by atoms with van der Waals surface area (Å²) in [7, 11) is 0. The monoisotopic (exact) mass is 97.1 g/mol. The largest absolute Gasteiger partial charge is 0.411 e. The number of hydrogen-bond donors (Lipinski definition) is 1. The average molecular weight is 97.1 g/mol. The summed E-state index contributed by atoms with van der Waals surface area (Å²) in [4.78, 5) is 0. The van der Waals surface area contributed by atoms with E-state index in [2.05, 4.69) is 5.16 Å². The molecule has 2 nitrogen and oxygen atoms in total. The van der Waals surface area contributed by atoms with Gasteiger partial charge in [0.1, 0.15) is 0 Å². The van der Waals surface area contributed by atoms with E-state index in [9.17, 15) is 0 Å². The van der Waals surface area contributed by atoms with Gasteiger partial charge in [-0.3, -0.25) is 0 Å². The van der Waals surface area contributed by atoms with Crippen molar-refractivity contribution in [1.29, 1.82) is 0 Å². The lowest BCUT2D eigenvalue weighted by atomic mass is 9.97. The van der Waals surface area contributed by atoms with Crippen LogP contribution in [0.1, 0.15) is 6.42 Å². The molecule has 38 valence electrons. The van der Waals surface area contributed by atoms with Crippen molar-refractivity contribution in [1.82, 2.24) is 0 Å². The second-order valence-electron chi connectivity index (χ2n) is 1.59. The van der Waals surface area contributed by atoms with Crippen LogP contribution >= 0.6 is 0 Å². The Balaban J connectivity index is 2.30. The lowest BCUT2D eigenvalue weighted by Crippen LogP contribution is -2.02. The molecule has 0 aromatic rings. The van der Waals surface area contributed by atoms with Gasteiger partial charge in [-0.15, -0.1) is 5.16 Å². The third-order valence-electron chi connectivity index (χ3n) is 1.05. The normalized spacial score (nSPS) is 28.3. The van der Waals surface area contributed by atoms with E-state index in [0.717, 1.165) is 6.42 Å². The van der Waals surface area contributed by atoms with Crippen molar-refractivity contribution >= 4 is 6.21 Å². The predicted octanol–water partition coefficient (Wildman–Crippen LogP) is 1.02. The Morgan fingerprint density at radius 2 is 2.57 bits per heavy atom. The zero-order valence-electron chi connectivity index (χ0n) is 3.91. The molecule has 2 heteroatoms. The van der Waals surface area contributed by atoms with Crippen LogP contribution in [0.4, 0.5) is 0 Å². The van der Waals surface area contributed by atoms with E-state index in [1.165, 1.54) is 6.21 Å². The van der Waals surface area contributed by atoms with Crippen LogP contribution in [0.15, 0.2) is 17.3 Å². The van der Waals surface area contributed by atoms with Crippen molar-refractivity contribution in [3.8, 4) is 0 Å². The SMILES string of the molecule is ON=CC1C=CC1. The Hall–Kier alpha value is -0.790. The number of rotatable bonds is 1. The van der Waals surface area contributed by atoms with Crippen LogP contribution < -0.4 is 0 Å². The summed E-state index contributed by atoms with van der Waals surface area (Å²) < 4.78 is 0. The van der Waals surface area contributed by atoms with Crippen LogP contribution in [0.2, 0.25) is 0 Å². The van der Waals surface area contributed by atoms with Gasteiger partial charge in [0.15, 0.2) is 0 Å². The van der Waals surface area contributed by atoms with Gasteiger partial charge >= 0.3 is 0 Å². The van der Waals surface area contributed by atoms with E-state index in [0.29, 0.717) is 5.92 Å². The van der Waals surface area contributed by atoms with Gasteiger partial charge in [0.25, 0.3) is 0 Å². The van der Waals surface area contributed by atoms with E-state index >= 15 is 0 Å². The molecule has 0 amide bonds. The van der Waals surface area contributed by atoms with Crippen LogP contribution in [0.3, 0.4) is 0 Å². The van der Waals surface area contributed by atoms with Gasteiger partial charge < -0.3 is 5.21 Å². The van der Waals surface area contributed by atoms with Gasteiger partial charge in [-0.25, -0.2) is 0 Å². The number of nitrogens with zero attached hydrogens (tertiary/aromatic N) is 1. The van der Waals surface area contributed by atoms with Crippen molar-refractivity contribution in [2.24, 2.45) is 11.1 Å². The van der Waals surface area contributed by atoms with Gasteiger partial charge in [0.2, 0.25) is 0 Å². The molecule has 1 N–H and O–H groups in total. The molecule has 0 saturated carbocycles. The van der Waals surface area contributed by atoms with Gasteiger partial charge in [-0.05, 0) is 6.42 Å². The van der Waals surface area contributed by atoms with Crippen molar-refractivity contribution in [3.05, 3.63) is 12.2 Å². The van der Waals surface area contributed by atoms with E-state index in [-0.39, 0.29) is 0 Å². The maximum Gasteiger partial charge on any atom is 0.0507 e. The first kappa shape index (κ1) is 4.37. The van der Waals surface area contributed by atoms with Gasteiger partial charge in [-0.1, -0.05) is 12.2 Å². The lowest BCUT2D eigenvalue weighted by molar-refractivity contribution is 0.319. The molecule has 0 saturated heterocycles. The summed E-state index contributed by atoms with van der Waals surface area (Å²) in [6, 6.07) is 0. The maximum atomic E-state index is 7.94. The highest BCUT2D eigenvalue weighted by Gasteiger charge is 2.04. The summed E-state index contributed by atoms with van der Waals surface area (Å²) in [5, 5.41) is 10.8. The molecule has 1 atom stereocenters. The van der Waals surface area contributed by atoms with E-state index in [1.54, 1.807) is 0 Å². The van der Waals surface area contributed by atoms with Crippen molar-refractivity contribution < 1.29 is 5.21 Å². The van der Waals surface area contributed by atoms with Crippen LogP contribution in [0.25, 0.3) is 0 Å². The van der Waals surface area contributed by atoms with Gasteiger partial charge in [-0.2, -0.15) is 0 Å². The molecule has 1 unspecified atom stereocenters. The minimum atomic E-state index is 0.407. The zero-order chi connectivity index (χ0) is 5.11. The highest BCUT2D eigenvalue weighted by Crippen LogP contribution is 2.12. The summed E-state index contributed by atoms with van der Waals surface area (Å²) in [5.74, 6) is 0.407. The molecule has 0 fully saturated rings. The molecular weight excluding hydrogens is 90.1 g/mol. The lowest BCUT2D eigenvalue weighted by Gasteiger charge is -2.08. The summed E-state index contributed by atoms with van der Waals surface area (Å²) in [5.41, 5.74) is 0. The minimum absolute atomic E-state index is 0.407. The van der Waals surface area contributed by atoms with Gasteiger partial charge in [0, 0.05) is 5.92 Å². The molecule has 1 aliphatic rings. The average Bonchev–Trinajstić information content (AvgIpc) is 1.55. The summed E-state index contributed by atoms with van der Waals surface area (Å²) >= 11 is 0. The third kappa shape index (κ3) is 0.796. The Bertz CT molecular complexity index is 107. The van der Waals surface area contributed by atoms with Crippen LogP contribution in [0, 0.1) is 5.92 Å². The standard InChI is InChI=1S/C5H7NO/c7-6-4-5-2-1-3-5/h1-2,4-5,7H,3H2. The van der Waals surface area contributed by atoms with E-state index in [4.69, 9.17) is 5.21 Å². The Labute approximate surface area is 42.1 Å². The quantitative estimate of drug-likeness (QED) is 0.225. The molecule has 0 spiro atoms. The Morgan fingerprint density at radius 1 is 1.86 bits per heavy atom. The second kappa shape index (κ2) is 1.78. The highest BCUT2D eigenvalue weighted by atomic mass is 16.4. The minimum Gasteiger partial charge on any atom is -0.411 e. The number of oxime groups is 1. The Kier molecular flexibility index (Phi) is 1.11. The number of allylic oxidation sites excluding steroid dienone is 2. The molecule has 1 rings (SSSR count). The topological polar surface area (TPSA) is 32.6 Å². The molecule has 0 aromatic carbocycles. The molecule has 0 aromatic heterocycles. The molecule has 0 bridgehead atoms. The van der Waals surface area contributed by atoms with Crippen molar-refractivity contribution in [2.45, 2.75) is 6.42 Å². The molecule has 0 aliphatic heterocycles. The first-order chi connectivity index (χ1) is 3.43. The fraction of sp³-hybridized carbons (Fsp3) is 0.400. The molecular formula is C5H7NO. The predicted molar refractivity (Wildman–Crippen MR) is 27.5 cm³/mol. The molecule has 7 heavy (non-hydrogen) atoms.